The third-order valence-corrected chi connectivity index (χ3v) is 5.20. The fraction of sp³-hybridized carbons (Fsp3) is 0.579. The van der Waals surface area contributed by atoms with Crippen molar-refractivity contribution >= 4 is 10.9 Å². The summed E-state index contributed by atoms with van der Waals surface area (Å²) in [6.45, 7) is 9.93. The van der Waals surface area contributed by atoms with E-state index in [1.54, 1.807) is 0 Å². The third kappa shape index (κ3) is 2.87. The van der Waals surface area contributed by atoms with Gasteiger partial charge in [-0.1, -0.05) is 25.8 Å². The average Bonchev–Trinajstić information content (AvgIpc) is 3.09. The molecule has 0 amide bonds. The molecule has 1 aliphatic carbocycles. The Hall–Kier alpha value is -1.28. The molecular weight excluding hydrogens is 256 g/mol. The van der Waals surface area contributed by atoms with E-state index in [1.165, 1.54) is 60.0 Å². The first-order chi connectivity index (χ1) is 10.2. The van der Waals surface area contributed by atoms with Gasteiger partial charge in [-0.25, -0.2) is 0 Å². The van der Waals surface area contributed by atoms with Gasteiger partial charge in [0, 0.05) is 29.7 Å². The van der Waals surface area contributed by atoms with E-state index in [2.05, 4.69) is 48.9 Å². The van der Waals surface area contributed by atoms with Gasteiger partial charge in [-0.2, -0.15) is 0 Å². The molecule has 0 radical (unpaired) electrons. The van der Waals surface area contributed by atoms with Crippen molar-refractivity contribution in [1.29, 1.82) is 0 Å². The highest BCUT2D eigenvalue weighted by Gasteiger charge is 2.19. The Morgan fingerprint density at radius 3 is 2.67 bits per heavy atom. The number of nitrogens with zero attached hydrogens (tertiary/aromatic N) is 1. The fourth-order valence-corrected chi connectivity index (χ4v) is 3.76. The van der Waals surface area contributed by atoms with E-state index in [-0.39, 0.29) is 0 Å². The number of hydrogen-bond acceptors (Lipinski definition) is 1. The number of rotatable bonds is 5. The molecule has 3 rings (SSSR count). The van der Waals surface area contributed by atoms with Gasteiger partial charge in [-0.05, 0) is 62.4 Å². The quantitative estimate of drug-likeness (QED) is 0.852. The second kappa shape index (κ2) is 6.23. The Bertz CT molecular complexity index is 618. The molecule has 0 aliphatic heterocycles. The second-order valence-electron chi connectivity index (χ2n) is 6.60. The zero-order chi connectivity index (χ0) is 14.8. The summed E-state index contributed by atoms with van der Waals surface area (Å²) in [4.78, 5) is 0. The molecular formula is C19H28N2. The predicted molar refractivity (Wildman–Crippen MR) is 90.8 cm³/mol. The number of nitrogens with one attached hydrogen (secondary N) is 1. The van der Waals surface area contributed by atoms with E-state index in [1.807, 2.05) is 0 Å². The van der Waals surface area contributed by atoms with Crippen molar-refractivity contribution in [3.05, 3.63) is 35.0 Å². The molecule has 1 heterocycles. The van der Waals surface area contributed by atoms with Gasteiger partial charge in [0.1, 0.15) is 0 Å². The largest absolute Gasteiger partial charge is 0.344 e. The standard InChI is InChI=1S/C19H28N2/c1-4-20-12-17-9-10-19-18(11-17)14(2)15(3)21(19)13-16-7-5-6-8-16/h9-11,16,20H,4-8,12-13H2,1-3H3. The maximum absolute atomic E-state index is 3.42. The normalized spacial score (nSPS) is 16.1. The van der Waals surface area contributed by atoms with Crippen LogP contribution in [0.4, 0.5) is 0 Å². The van der Waals surface area contributed by atoms with Gasteiger partial charge in [0.05, 0.1) is 0 Å². The average molecular weight is 284 g/mol. The minimum absolute atomic E-state index is 0.889. The number of aromatic nitrogens is 1. The molecule has 2 aromatic rings. The van der Waals surface area contributed by atoms with Crippen molar-refractivity contribution in [3.8, 4) is 0 Å². The van der Waals surface area contributed by atoms with E-state index < -0.39 is 0 Å². The van der Waals surface area contributed by atoms with Crippen LogP contribution in [0.15, 0.2) is 18.2 Å². The SMILES string of the molecule is CCNCc1ccc2c(c1)c(C)c(C)n2CC1CCCC1. The van der Waals surface area contributed by atoms with E-state index >= 15 is 0 Å². The Morgan fingerprint density at radius 1 is 1.19 bits per heavy atom. The van der Waals surface area contributed by atoms with Gasteiger partial charge < -0.3 is 9.88 Å². The Balaban J connectivity index is 1.94. The maximum Gasteiger partial charge on any atom is 0.0485 e. The molecule has 2 heteroatoms. The molecule has 2 nitrogen and oxygen atoms in total. The van der Waals surface area contributed by atoms with Gasteiger partial charge in [0.2, 0.25) is 0 Å². The van der Waals surface area contributed by atoms with Crippen LogP contribution >= 0.6 is 0 Å². The number of fused-ring (bicyclic) bond motifs is 1. The maximum atomic E-state index is 3.42. The topological polar surface area (TPSA) is 17.0 Å². The molecule has 21 heavy (non-hydrogen) atoms. The van der Waals surface area contributed by atoms with Crippen molar-refractivity contribution in [2.45, 2.75) is 59.5 Å². The van der Waals surface area contributed by atoms with Crippen LogP contribution in [-0.2, 0) is 13.1 Å². The zero-order valence-electron chi connectivity index (χ0n) is 13.7. The van der Waals surface area contributed by atoms with Crippen LogP contribution in [0.25, 0.3) is 10.9 Å². The van der Waals surface area contributed by atoms with Crippen molar-refractivity contribution < 1.29 is 0 Å². The van der Waals surface area contributed by atoms with Crippen molar-refractivity contribution in [2.24, 2.45) is 5.92 Å². The number of aryl methyl sites for hydroxylation is 1. The summed E-state index contributed by atoms with van der Waals surface area (Å²) < 4.78 is 2.57. The smallest absolute Gasteiger partial charge is 0.0485 e. The summed E-state index contributed by atoms with van der Waals surface area (Å²) in [5, 5.41) is 4.87. The first-order valence-corrected chi connectivity index (χ1v) is 8.49. The van der Waals surface area contributed by atoms with Gasteiger partial charge in [-0.3, -0.25) is 0 Å². The highest BCUT2D eigenvalue weighted by atomic mass is 15.0. The highest BCUT2D eigenvalue weighted by molar-refractivity contribution is 5.86. The first kappa shape index (κ1) is 14.6. The minimum Gasteiger partial charge on any atom is -0.344 e. The monoisotopic (exact) mass is 284 g/mol. The van der Waals surface area contributed by atoms with Crippen LogP contribution in [0.2, 0.25) is 0 Å². The lowest BCUT2D eigenvalue weighted by Gasteiger charge is -2.14. The van der Waals surface area contributed by atoms with E-state index in [0.29, 0.717) is 0 Å². The predicted octanol–water partition coefficient (Wildman–Crippen LogP) is 4.56. The summed E-state index contributed by atoms with van der Waals surface area (Å²) in [7, 11) is 0. The minimum atomic E-state index is 0.889. The van der Waals surface area contributed by atoms with Crippen LogP contribution in [-0.4, -0.2) is 11.1 Å². The summed E-state index contributed by atoms with van der Waals surface area (Å²) >= 11 is 0. The summed E-state index contributed by atoms with van der Waals surface area (Å²) in [6, 6.07) is 7.00. The van der Waals surface area contributed by atoms with Crippen molar-refractivity contribution in [1.82, 2.24) is 9.88 Å². The molecule has 114 valence electrons. The Kier molecular flexibility index (Phi) is 4.34. The van der Waals surface area contributed by atoms with Gasteiger partial charge in [-0.15, -0.1) is 0 Å². The Labute approximate surface area is 128 Å². The Morgan fingerprint density at radius 2 is 1.95 bits per heavy atom. The van der Waals surface area contributed by atoms with E-state index in [0.717, 1.165) is 19.0 Å². The van der Waals surface area contributed by atoms with Crippen LogP contribution in [0.1, 0.15) is 49.4 Å². The summed E-state index contributed by atoms with van der Waals surface area (Å²) in [5.74, 6) is 0.889. The summed E-state index contributed by atoms with van der Waals surface area (Å²) in [6.07, 6.45) is 5.68. The molecule has 1 aliphatic rings. The molecule has 1 aromatic carbocycles. The second-order valence-corrected chi connectivity index (χ2v) is 6.60. The molecule has 0 bridgehead atoms. The van der Waals surface area contributed by atoms with Crippen molar-refractivity contribution in [2.75, 3.05) is 6.54 Å². The van der Waals surface area contributed by atoms with Crippen LogP contribution in [0, 0.1) is 19.8 Å². The highest BCUT2D eigenvalue weighted by Crippen LogP contribution is 2.31. The van der Waals surface area contributed by atoms with Gasteiger partial charge in [0.25, 0.3) is 0 Å². The summed E-state index contributed by atoms with van der Waals surface area (Å²) in [5.41, 5.74) is 5.74. The third-order valence-electron chi connectivity index (χ3n) is 5.20. The van der Waals surface area contributed by atoms with Gasteiger partial charge in [0.15, 0.2) is 0 Å². The molecule has 0 saturated heterocycles. The van der Waals surface area contributed by atoms with Crippen LogP contribution in [0.5, 0.6) is 0 Å². The van der Waals surface area contributed by atoms with E-state index in [4.69, 9.17) is 0 Å². The van der Waals surface area contributed by atoms with Crippen molar-refractivity contribution in [3.63, 3.8) is 0 Å². The molecule has 1 saturated carbocycles. The fourth-order valence-electron chi connectivity index (χ4n) is 3.76. The molecule has 1 aromatic heterocycles. The molecule has 1 N–H and O–H groups in total. The van der Waals surface area contributed by atoms with Gasteiger partial charge >= 0.3 is 0 Å². The number of hydrogen-bond donors (Lipinski definition) is 1. The lowest BCUT2D eigenvalue weighted by atomic mass is 10.1. The zero-order valence-corrected chi connectivity index (χ0v) is 13.7. The molecule has 0 spiro atoms. The van der Waals surface area contributed by atoms with Crippen LogP contribution < -0.4 is 5.32 Å². The van der Waals surface area contributed by atoms with Crippen LogP contribution in [0.3, 0.4) is 0 Å². The number of benzene rings is 1. The lowest BCUT2D eigenvalue weighted by molar-refractivity contribution is 0.460. The van der Waals surface area contributed by atoms with E-state index in [9.17, 15) is 0 Å². The lowest BCUT2D eigenvalue weighted by Crippen LogP contribution is -2.11. The molecule has 1 fully saturated rings. The molecule has 0 atom stereocenters. The first-order valence-electron chi connectivity index (χ1n) is 8.49. The molecule has 0 unspecified atom stereocenters.